The zero-order valence-electron chi connectivity index (χ0n) is 17.5. The van der Waals surface area contributed by atoms with E-state index >= 15 is 0 Å². The van der Waals surface area contributed by atoms with Gasteiger partial charge in [-0.2, -0.15) is 0 Å². The molecular weight excluding hydrogens is 441 g/mol. The van der Waals surface area contributed by atoms with E-state index in [1.807, 2.05) is 0 Å². The van der Waals surface area contributed by atoms with E-state index in [1.54, 1.807) is 49.5 Å². The minimum absolute atomic E-state index is 0.125. The topological polar surface area (TPSA) is 104 Å². The minimum atomic E-state index is -3.97. The molecule has 1 aromatic carbocycles. The molecule has 0 aliphatic heterocycles. The summed E-state index contributed by atoms with van der Waals surface area (Å²) in [7, 11) is -3.97. The van der Waals surface area contributed by atoms with Crippen LogP contribution in [-0.2, 0) is 10.0 Å². The Bertz CT molecular complexity index is 1620. The van der Waals surface area contributed by atoms with Crippen LogP contribution in [0.3, 0.4) is 0 Å². The second kappa shape index (κ2) is 7.79. The molecule has 9 heteroatoms. The summed E-state index contributed by atoms with van der Waals surface area (Å²) in [5, 5.41) is 0.540. The third kappa shape index (κ3) is 3.62. The van der Waals surface area contributed by atoms with Crippen molar-refractivity contribution in [3.63, 3.8) is 0 Å². The molecule has 5 aromatic rings. The normalized spacial score (nSPS) is 11.7. The lowest BCUT2D eigenvalue weighted by atomic mass is 9.98. The monoisotopic (exact) mass is 459 g/mol. The zero-order valence-corrected chi connectivity index (χ0v) is 18.3. The second-order valence-corrected chi connectivity index (χ2v) is 9.34. The van der Waals surface area contributed by atoms with Crippen LogP contribution < -0.4 is 5.73 Å². The van der Waals surface area contributed by atoms with Crippen molar-refractivity contribution in [2.24, 2.45) is 0 Å². The first-order valence-electron chi connectivity index (χ1n) is 10.0. The van der Waals surface area contributed by atoms with Crippen LogP contribution in [0.4, 0.5) is 10.2 Å². The Labute approximate surface area is 189 Å². The van der Waals surface area contributed by atoms with E-state index in [0.717, 1.165) is 10.2 Å². The standard InChI is InChI=1S/C24H18FN5O2S/c1-15-9-20(17-10-18(25)13-27-12-17)23-21(16-7-8-28-22(26)11-16)14-30(24(23)29-15)33(31,32)19-5-3-2-4-6-19/h2-14H,1H3,(H2,26,28). The lowest BCUT2D eigenvalue weighted by molar-refractivity contribution is 0.588. The van der Waals surface area contributed by atoms with Crippen molar-refractivity contribution in [1.82, 2.24) is 18.9 Å². The van der Waals surface area contributed by atoms with E-state index in [0.29, 0.717) is 33.3 Å². The molecule has 0 saturated carbocycles. The van der Waals surface area contributed by atoms with Crippen LogP contribution in [0, 0.1) is 12.7 Å². The summed E-state index contributed by atoms with van der Waals surface area (Å²) in [6, 6.07) is 14.6. The fraction of sp³-hybridized carbons (Fsp3) is 0.0417. The SMILES string of the molecule is Cc1cc(-c2cncc(F)c2)c2c(-c3ccnc(N)c3)cn(S(=O)(=O)c3ccccc3)c2n1. The van der Waals surface area contributed by atoms with Gasteiger partial charge < -0.3 is 5.73 Å². The average Bonchev–Trinajstić information content (AvgIpc) is 3.19. The van der Waals surface area contributed by atoms with Gasteiger partial charge in [0, 0.05) is 40.8 Å². The summed E-state index contributed by atoms with van der Waals surface area (Å²) in [5.74, 6) is -0.213. The fourth-order valence-electron chi connectivity index (χ4n) is 3.84. The Morgan fingerprint density at radius 1 is 0.970 bits per heavy atom. The molecule has 0 saturated heterocycles. The molecule has 0 atom stereocenters. The fourth-order valence-corrected chi connectivity index (χ4v) is 5.17. The lowest BCUT2D eigenvalue weighted by Gasteiger charge is -2.10. The number of nitrogen functional groups attached to an aromatic ring is 1. The minimum Gasteiger partial charge on any atom is -0.384 e. The molecule has 164 valence electrons. The summed E-state index contributed by atoms with van der Waals surface area (Å²) in [6.07, 6.45) is 5.71. The maximum atomic E-state index is 14.0. The van der Waals surface area contributed by atoms with E-state index in [2.05, 4.69) is 15.0 Å². The third-order valence-corrected chi connectivity index (χ3v) is 6.92. The molecule has 7 nitrogen and oxygen atoms in total. The summed E-state index contributed by atoms with van der Waals surface area (Å²) in [5.41, 5.74) is 9.05. The third-order valence-electron chi connectivity index (χ3n) is 5.26. The Balaban J connectivity index is 1.91. The van der Waals surface area contributed by atoms with Gasteiger partial charge in [0.1, 0.15) is 11.6 Å². The maximum Gasteiger partial charge on any atom is 0.269 e. The van der Waals surface area contributed by atoms with E-state index in [4.69, 9.17) is 5.73 Å². The van der Waals surface area contributed by atoms with Gasteiger partial charge in [0.15, 0.2) is 5.65 Å². The van der Waals surface area contributed by atoms with Crippen molar-refractivity contribution < 1.29 is 12.8 Å². The molecule has 5 rings (SSSR count). The van der Waals surface area contributed by atoms with Crippen molar-refractivity contribution in [1.29, 1.82) is 0 Å². The highest BCUT2D eigenvalue weighted by Crippen LogP contribution is 2.39. The van der Waals surface area contributed by atoms with Gasteiger partial charge in [0.2, 0.25) is 0 Å². The van der Waals surface area contributed by atoms with Crippen LogP contribution in [0.5, 0.6) is 0 Å². The number of benzene rings is 1. The molecule has 0 fully saturated rings. The molecule has 4 heterocycles. The van der Waals surface area contributed by atoms with Crippen molar-refractivity contribution in [3.8, 4) is 22.3 Å². The zero-order chi connectivity index (χ0) is 23.2. The van der Waals surface area contributed by atoms with Crippen molar-refractivity contribution in [2.45, 2.75) is 11.8 Å². The molecule has 0 radical (unpaired) electrons. The number of aryl methyl sites for hydroxylation is 1. The highest BCUT2D eigenvalue weighted by molar-refractivity contribution is 7.90. The first-order valence-corrected chi connectivity index (χ1v) is 11.4. The maximum absolute atomic E-state index is 14.0. The van der Waals surface area contributed by atoms with Gasteiger partial charge in [-0.1, -0.05) is 18.2 Å². The molecule has 0 unspecified atom stereocenters. The summed E-state index contributed by atoms with van der Waals surface area (Å²) in [4.78, 5) is 12.7. The van der Waals surface area contributed by atoms with E-state index in [9.17, 15) is 12.8 Å². The summed E-state index contributed by atoms with van der Waals surface area (Å²) < 4.78 is 42.4. The number of nitrogens with two attached hydrogens (primary N) is 1. The largest absolute Gasteiger partial charge is 0.384 e. The van der Waals surface area contributed by atoms with Crippen molar-refractivity contribution in [2.75, 3.05) is 5.73 Å². The highest BCUT2D eigenvalue weighted by Gasteiger charge is 2.25. The predicted octanol–water partition coefficient (Wildman–Crippen LogP) is 4.43. The van der Waals surface area contributed by atoms with Crippen LogP contribution in [0.1, 0.15) is 5.69 Å². The Morgan fingerprint density at radius 3 is 2.48 bits per heavy atom. The number of pyridine rings is 3. The molecule has 0 bridgehead atoms. The predicted molar refractivity (Wildman–Crippen MR) is 124 cm³/mol. The van der Waals surface area contributed by atoms with E-state index in [-0.39, 0.29) is 16.4 Å². The van der Waals surface area contributed by atoms with Crippen LogP contribution in [0.2, 0.25) is 0 Å². The number of fused-ring (bicyclic) bond motifs is 1. The highest BCUT2D eigenvalue weighted by atomic mass is 32.2. The number of aromatic nitrogens is 4. The van der Waals surface area contributed by atoms with Gasteiger partial charge in [0.25, 0.3) is 10.0 Å². The molecule has 4 aromatic heterocycles. The number of nitrogens with zero attached hydrogens (tertiary/aromatic N) is 4. The number of hydrogen-bond acceptors (Lipinski definition) is 6. The van der Waals surface area contributed by atoms with Gasteiger partial charge in [-0.15, -0.1) is 0 Å². The van der Waals surface area contributed by atoms with Gasteiger partial charge in [-0.3, -0.25) is 4.98 Å². The van der Waals surface area contributed by atoms with Crippen molar-refractivity contribution in [3.05, 3.63) is 90.9 Å². The van der Waals surface area contributed by atoms with Crippen LogP contribution >= 0.6 is 0 Å². The molecule has 0 amide bonds. The van der Waals surface area contributed by atoms with Gasteiger partial charge in [0.05, 0.1) is 11.1 Å². The van der Waals surface area contributed by atoms with Gasteiger partial charge in [-0.05, 0) is 54.4 Å². The second-order valence-electron chi connectivity index (χ2n) is 7.53. The van der Waals surface area contributed by atoms with E-state index in [1.165, 1.54) is 30.6 Å². The molecule has 0 aliphatic carbocycles. The molecule has 0 spiro atoms. The lowest BCUT2D eigenvalue weighted by Crippen LogP contribution is -2.12. The number of anilines is 1. The molecule has 33 heavy (non-hydrogen) atoms. The molecular formula is C24H18FN5O2S. The van der Waals surface area contributed by atoms with E-state index < -0.39 is 15.8 Å². The summed E-state index contributed by atoms with van der Waals surface area (Å²) in [6.45, 7) is 1.76. The van der Waals surface area contributed by atoms with Crippen LogP contribution in [0.25, 0.3) is 33.3 Å². The Hall–Kier alpha value is -4.11. The number of hydrogen-bond donors (Lipinski definition) is 1. The smallest absolute Gasteiger partial charge is 0.269 e. The van der Waals surface area contributed by atoms with Gasteiger partial charge >= 0.3 is 0 Å². The van der Waals surface area contributed by atoms with Gasteiger partial charge in [-0.25, -0.2) is 26.7 Å². The molecule has 0 aliphatic rings. The van der Waals surface area contributed by atoms with Crippen LogP contribution in [-0.4, -0.2) is 27.3 Å². The molecule has 2 N–H and O–H groups in total. The quantitative estimate of drug-likeness (QED) is 0.426. The Kier molecular flexibility index (Phi) is 4.90. The number of halogens is 1. The first kappa shape index (κ1) is 20.8. The number of rotatable bonds is 4. The average molecular weight is 460 g/mol. The van der Waals surface area contributed by atoms with Crippen LogP contribution in [0.15, 0.2) is 84.3 Å². The first-order chi connectivity index (χ1) is 15.8. The van der Waals surface area contributed by atoms with Crippen molar-refractivity contribution >= 4 is 26.9 Å². The Morgan fingerprint density at radius 2 is 1.76 bits per heavy atom. The summed E-state index contributed by atoms with van der Waals surface area (Å²) >= 11 is 0.